The number of hydrogen-bond donors (Lipinski definition) is 0. The van der Waals surface area contributed by atoms with E-state index in [9.17, 15) is 9.18 Å². The van der Waals surface area contributed by atoms with Crippen LogP contribution in [0.1, 0.15) is 16.3 Å². The second-order valence-corrected chi connectivity index (χ2v) is 6.97. The maximum atomic E-state index is 13.0. The summed E-state index contributed by atoms with van der Waals surface area (Å²) in [6.07, 6.45) is 3.08. The van der Waals surface area contributed by atoms with Crippen molar-refractivity contribution in [1.29, 1.82) is 0 Å². The van der Waals surface area contributed by atoms with Crippen LogP contribution in [0.25, 0.3) is 21.5 Å². The summed E-state index contributed by atoms with van der Waals surface area (Å²) in [5.74, 6) is 0.614. The predicted octanol–water partition coefficient (Wildman–Crippen LogP) is 3.92. The molecule has 0 saturated heterocycles. The molecule has 7 heteroatoms. The molecule has 3 aromatic heterocycles. The van der Waals surface area contributed by atoms with Gasteiger partial charge in [0.1, 0.15) is 17.2 Å². The van der Waals surface area contributed by atoms with Gasteiger partial charge in [0, 0.05) is 10.4 Å². The van der Waals surface area contributed by atoms with Crippen molar-refractivity contribution >= 4 is 21.6 Å². The maximum absolute atomic E-state index is 13.0. The van der Waals surface area contributed by atoms with Crippen molar-refractivity contribution < 1.29 is 8.81 Å². The number of aromatic nitrogens is 3. The minimum atomic E-state index is -0.309. The fourth-order valence-electron chi connectivity index (χ4n) is 2.66. The zero-order chi connectivity index (χ0) is 17.6. The number of nitrogens with zero attached hydrogens (tertiary/aromatic N) is 3. The number of halogens is 1. The number of oxazole rings is 1. The van der Waals surface area contributed by atoms with E-state index in [0.29, 0.717) is 17.0 Å². The van der Waals surface area contributed by atoms with Gasteiger partial charge >= 0.3 is 0 Å². The first-order valence-corrected chi connectivity index (χ1v) is 8.50. The standard InChI is InChI=1S/C18H14FN3O2S/c1-10-11(2)25-17-16(10)18(23)22(9-21-17)8-15-20-7-14(24-15)12-3-5-13(19)6-4-12/h3-7,9H,8H2,1-2H3. The average Bonchev–Trinajstić information content (AvgIpc) is 3.17. The number of rotatable bonds is 3. The van der Waals surface area contributed by atoms with Crippen LogP contribution >= 0.6 is 11.3 Å². The van der Waals surface area contributed by atoms with Crippen LogP contribution in [0.5, 0.6) is 0 Å². The number of aryl methyl sites for hydroxylation is 2. The predicted molar refractivity (Wildman–Crippen MR) is 94.4 cm³/mol. The number of benzene rings is 1. The Labute approximate surface area is 146 Å². The van der Waals surface area contributed by atoms with Crippen LogP contribution in [0, 0.1) is 19.7 Å². The summed E-state index contributed by atoms with van der Waals surface area (Å²) in [5.41, 5.74) is 1.59. The molecule has 0 aliphatic heterocycles. The summed E-state index contributed by atoms with van der Waals surface area (Å²) >= 11 is 1.52. The molecule has 126 valence electrons. The quantitative estimate of drug-likeness (QED) is 0.559. The second kappa shape index (κ2) is 5.93. The zero-order valence-corrected chi connectivity index (χ0v) is 14.4. The summed E-state index contributed by atoms with van der Waals surface area (Å²) in [7, 11) is 0. The first kappa shape index (κ1) is 15.7. The van der Waals surface area contributed by atoms with Gasteiger partial charge in [0.15, 0.2) is 5.76 Å². The Hall–Kier alpha value is -2.80. The Morgan fingerprint density at radius 2 is 1.96 bits per heavy atom. The molecule has 25 heavy (non-hydrogen) atoms. The monoisotopic (exact) mass is 355 g/mol. The van der Waals surface area contributed by atoms with Crippen LogP contribution in [0.3, 0.4) is 0 Å². The summed E-state index contributed by atoms with van der Waals surface area (Å²) in [5, 5.41) is 0.648. The third kappa shape index (κ3) is 2.76. The molecular formula is C18H14FN3O2S. The molecule has 0 spiro atoms. The topological polar surface area (TPSA) is 60.9 Å². The van der Waals surface area contributed by atoms with Crippen LogP contribution in [0.15, 0.2) is 46.0 Å². The Morgan fingerprint density at radius 3 is 2.72 bits per heavy atom. The molecule has 0 atom stereocenters. The van der Waals surface area contributed by atoms with Gasteiger partial charge in [0.25, 0.3) is 5.56 Å². The summed E-state index contributed by atoms with van der Waals surface area (Å²) in [6.45, 7) is 4.10. The molecular weight excluding hydrogens is 341 g/mol. The minimum absolute atomic E-state index is 0.103. The van der Waals surface area contributed by atoms with Crippen molar-refractivity contribution in [2.45, 2.75) is 20.4 Å². The van der Waals surface area contributed by atoms with Gasteiger partial charge in [0.2, 0.25) is 5.89 Å². The van der Waals surface area contributed by atoms with E-state index in [0.717, 1.165) is 20.8 Å². The van der Waals surface area contributed by atoms with Crippen LogP contribution < -0.4 is 5.56 Å². The van der Waals surface area contributed by atoms with E-state index in [2.05, 4.69) is 9.97 Å². The summed E-state index contributed by atoms with van der Waals surface area (Å²) in [4.78, 5) is 23.1. The van der Waals surface area contributed by atoms with Crippen molar-refractivity contribution in [2.75, 3.05) is 0 Å². The van der Waals surface area contributed by atoms with Crippen molar-refractivity contribution in [3.05, 3.63) is 69.3 Å². The Balaban J connectivity index is 1.68. The van der Waals surface area contributed by atoms with Gasteiger partial charge in [-0.25, -0.2) is 14.4 Å². The molecule has 4 aromatic rings. The Morgan fingerprint density at radius 1 is 1.20 bits per heavy atom. The summed E-state index contributed by atoms with van der Waals surface area (Å²) < 4.78 is 20.2. The minimum Gasteiger partial charge on any atom is -0.439 e. The van der Waals surface area contributed by atoms with Gasteiger partial charge in [-0.1, -0.05) is 0 Å². The number of fused-ring (bicyclic) bond motifs is 1. The van der Waals surface area contributed by atoms with E-state index in [1.54, 1.807) is 18.3 Å². The molecule has 0 saturated carbocycles. The highest BCUT2D eigenvalue weighted by atomic mass is 32.1. The normalized spacial score (nSPS) is 11.3. The molecule has 0 unspecified atom stereocenters. The fourth-order valence-corrected chi connectivity index (χ4v) is 3.65. The van der Waals surface area contributed by atoms with Crippen LogP contribution in [-0.2, 0) is 6.54 Å². The third-order valence-electron chi connectivity index (χ3n) is 4.14. The lowest BCUT2D eigenvalue weighted by Gasteiger charge is -2.02. The Kier molecular flexibility index (Phi) is 3.73. The lowest BCUT2D eigenvalue weighted by molar-refractivity contribution is 0.484. The van der Waals surface area contributed by atoms with E-state index >= 15 is 0 Å². The molecule has 0 N–H and O–H groups in total. The zero-order valence-electron chi connectivity index (χ0n) is 13.6. The van der Waals surface area contributed by atoms with Crippen molar-refractivity contribution in [3.63, 3.8) is 0 Å². The fraction of sp³-hybridized carbons (Fsp3) is 0.167. The highest BCUT2D eigenvalue weighted by molar-refractivity contribution is 7.18. The van der Waals surface area contributed by atoms with Crippen LogP contribution in [0.4, 0.5) is 4.39 Å². The molecule has 0 radical (unpaired) electrons. The lowest BCUT2D eigenvalue weighted by Crippen LogP contribution is -2.21. The second-order valence-electron chi connectivity index (χ2n) is 5.77. The number of thiophene rings is 1. The highest BCUT2D eigenvalue weighted by Gasteiger charge is 2.14. The van der Waals surface area contributed by atoms with Gasteiger partial charge in [-0.3, -0.25) is 9.36 Å². The molecule has 0 bridgehead atoms. The van der Waals surface area contributed by atoms with E-state index in [4.69, 9.17) is 4.42 Å². The molecule has 3 heterocycles. The molecule has 0 aliphatic carbocycles. The lowest BCUT2D eigenvalue weighted by atomic mass is 10.2. The van der Waals surface area contributed by atoms with Gasteiger partial charge < -0.3 is 4.42 Å². The number of hydrogen-bond acceptors (Lipinski definition) is 5. The van der Waals surface area contributed by atoms with Crippen LogP contribution in [0.2, 0.25) is 0 Å². The van der Waals surface area contributed by atoms with Gasteiger partial charge in [0.05, 0.1) is 17.9 Å². The van der Waals surface area contributed by atoms with E-state index in [1.807, 2.05) is 13.8 Å². The van der Waals surface area contributed by atoms with E-state index < -0.39 is 0 Å². The van der Waals surface area contributed by atoms with Gasteiger partial charge in [-0.15, -0.1) is 11.3 Å². The van der Waals surface area contributed by atoms with Gasteiger partial charge in [-0.2, -0.15) is 0 Å². The van der Waals surface area contributed by atoms with Crippen molar-refractivity contribution in [1.82, 2.24) is 14.5 Å². The maximum Gasteiger partial charge on any atom is 0.262 e. The largest absolute Gasteiger partial charge is 0.439 e. The Bertz CT molecular complexity index is 1130. The molecule has 1 aromatic carbocycles. The smallest absolute Gasteiger partial charge is 0.262 e. The highest BCUT2D eigenvalue weighted by Crippen LogP contribution is 2.25. The van der Waals surface area contributed by atoms with Crippen LogP contribution in [-0.4, -0.2) is 14.5 Å². The SMILES string of the molecule is Cc1sc2ncn(Cc3ncc(-c4ccc(F)cc4)o3)c(=O)c2c1C. The van der Waals surface area contributed by atoms with Gasteiger partial charge in [-0.05, 0) is 43.7 Å². The first-order valence-electron chi connectivity index (χ1n) is 7.68. The third-order valence-corrected chi connectivity index (χ3v) is 5.26. The van der Waals surface area contributed by atoms with Crippen molar-refractivity contribution in [2.24, 2.45) is 0 Å². The van der Waals surface area contributed by atoms with Crippen molar-refractivity contribution in [3.8, 4) is 11.3 Å². The first-order chi connectivity index (χ1) is 12.0. The molecule has 4 rings (SSSR count). The molecule has 0 aliphatic rings. The van der Waals surface area contributed by atoms with E-state index in [-0.39, 0.29) is 17.9 Å². The molecule has 0 fully saturated rings. The molecule has 5 nitrogen and oxygen atoms in total. The molecule has 0 amide bonds. The average molecular weight is 355 g/mol. The van der Waals surface area contributed by atoms with E-state index in [1.165, 1.54) is 34.4 Å². The summed E-state index contributed by atoms with van der Waals surface area (Å²) in [6, 6.07) is 5.97.